The Morgan fingerprint density at radius 2 is 1.77 bits per heavy atom. The molecule has 0 aliphatic rings. The van der Waals surface area contributed by atoms with Gasteiger partial charge in [0.05, 0.1) is 12.5 Å². The predicted octanol–water partition coefficient (Wildman–Crippen LogP) is 3.51. The first-order valence-electron chi connectivity index (χ1n) is 7.39. The van der Waals surface area contributed by atoms with E-state index in [1.165, 1.54) is 0 Å². The molecule has 0 aromatic heterocycles. The lowest BCUT2D eigenvalue weighted by Crippen LogP contribution is -2.30. The van der Waals surface area contributed by atoms with Gasteiger partial charge in [-0.2, -0.15) is 0 Å². The molecule has 0 saturated heterocycles. The van der Waals surface area contributed by atoms with Crippen LogP contribution in [0.25, 0.3) is 0 Å². The van der Waals surface area contributed by atoms with E-state index in [9.17, 15) is 4.79 Å². The maximum Gasteiger partial charge on any atom is 0.224 e. The lowest BCUT2D eigenvalue weighted by atomic mass is 10.0. The van der Waals surface area contributed by atoms with Gasteiger partial charge in [0, 0.05) is 11.6 Å². The lowest BCUT2D eigenvalue weighted by molar-refractivity contribution is -0.121. The number of halogens is 1. The van der Waals surface area contributed by atoms with E-state index < -0.39 is 0 Å². The van der Waals surface area contributed by atoms with Crippen molar-refractivity contribution in [3.63, 3.8) is 0 Å². The highest BCUT2D eigenvalue weighted by molar-refractivity contribution is 6.31. The summed E-state index contributed by atoms with van der Waals surface area (Å²) in [5.41, 5.74) is 1.86. The monoisotopic (exact) mass is 317 g/mol. The van der Waals surface area contributed by atoms with Gasteiger partial charge in [-0.05, 0) is 30.0 Å². The largest absolute Gasteiger partial charge is 0.396 e. The van der Waals surface area contributed by atoms with Gasteiger partial charge in [0.2, 0.25) is 5.91 Å². The van der Waals surface area contributed by atoms with Crippen LogP contribution < -0.4 is 5.32 Å². The van der Waals surface area contributed by atoms with Crippen molar-refractivity contribution < 1.29 is 9.90 Å². The maximum atomic E-state index is 12.3. The average molecular weight is 318 g/mol. The van der Waals surface area contributed by atoms with Crippen molar-refractivity contribution in [2.75, 3.05) is 6.61 Å². The third-order valence-electron chi connectivity index (χ3n) is 3.50. The summed E-state index contributed by atoms with van der Waals surface area (Å²) < 4.78 is 0. The van der Waals surface area contributed by atoms with Crippen LogP contribution in [0.4, 0.5) is 0 Å². The van der Waals surface area contributed by atoms with E-state index in [0.717, 1.165) is 11.1 Å². The van der Waals surface area contributed by atoms with Crippen LogP contribution in [0.15, 0.2) is 54.6 Å². The molecule has 0 saturated carbocycles. The highest BCUT2D eigenvalue weighted by Crippen LogP contribution is 2.20. The summed E-state index contributed by atoms with van der Waals surface area (Å²) in [7, 11) is 0. The zero-order chi connectivity index (χ0) is 15.8. The molecule has 0 radical (unpaired) electrons. The van der Waals surface area contributed by atoms with Gasteiger partial charge < -0.3 is 10.4 Å². The Hall–Kier alpha value is -1.84. The molecule has 0 aliphatic carbocycles. The number of carbonyl (C=O) groups excluding carboxylic acids is 1. The minimum Gasteiger partial charge on any atom is -0.396 e. The fourth-order valence-corrected chi connectivity index (χ4v) is 2.57. The van der Waals surface area contributed by atoms with E-state index in [-0.39, 0.29) is 25.0 Å². The summed E-state index contributed by atoms with van der Waals surface area (Å²) in [6.07, 6.45) is 1.60. The number of amides is 1. The molecule has 1 amide bonds. The van der Waals surface area contributed by atoms with Crippen LogP contribution in [0.2, 0.25) is 5.02 Å². The smallest absolute Gasteiger partial charge is 0.224 e. The average Bonchev–Trinajstić information content (AvgIpc) is 2.54. The molecule has 22 heavy (non-hydrogen) atoms. The van der Waals surface area contributed by atoms with Gasteiger partial charge in [-0.15, -0.1) is 0 Å². The van der Waals surface area contributed by atoms with Gasteiger partial charge >= 0.3 is 0 Å². The summed E-state index contributed by atoms with van der Waals surface area (Å²) in [5, 5.41) is 12.7. The van der Waals surface area contributed by atoms with E-state index in [4.69, 9.17) is 16.7 Å². The highest BCUT2D eigenvalue weighted by Gasteiger charge is 2.15. The molecule has 2 rings (SSSR count). The number of benzene rings is 2. The number of hydrogen-bond acceptors (Lipinski definition) is 2. The molecule has 4 heteroatoms. The van der Waals surface area contributed by atoms with Crippen LogP contribution in [0, 0.1) is 0 Å². The Labute approximate surface area is 135 Å². The van der Waals surface area contributed by atoms with Gasteiger partial charge in [-0.3, -0.25) is 4.79 Å². The number of carbonyl (C=O) groups is 1. The number of aliphatic hydroxyl groups is 1. The first kappa shape index (κ1) is 16.5. The molecular weight excluding hydrogens is 298 g/mol. The molecule has 0 heterocycles. The molecule has 1 atom stereocenters. The summed E-state index contributed by atoms with van der Waals surface area (Å²) in [5.74, 6) is -0.0695. The number of rotatable bonds is 7. The zero-order valence-electron chi connectivity index (χ0n) is 12.3. The minimum atomic E-state index is -0.0941. The standard InChI is InChI=1S/C18H20ClNO2/c19-16-10-5-4-9-15(16)13-18(22)20-17(11-6-12-21)14-7-2-1-3-8-14/h1-5,7-10,17,21H,6,11-13H2,(H,20,22). The molecule has 0 aliphatic heterocycles. The van der Waals surface area contributed by atoms with E-state index in [0.29, 0.717) is 17.9 Å². The molecule has 2 N–H and O–H groups in total. The van der Waals surface area contributed by atoms with Gasteiger partial charge in [0.1, 0.15) is 0 Å². The highest BCUT2D eigenvalue weighted by atomic mass is 35.5. The van der Waals surface area contributed by atoms with E-state index in [2.05, 4.69) is 5.32 Å². The lowest BCUT2D eigenvalue weighted by Gasteiger charge is -2.19. The van der Waals surface area contributed by atoms with Crippen LogP contribution in [0.5, 0.6) is 0 Å². The Morgan fingerprint density at radius 3 is 2.45 bits per heavy atom. The number of hydrogen-bond donors (Lipinski definition) is 2. The Balaban J connectivity index is 2.03. The van der Waals surface area contributed by atoms with Gasteiger partial charge in [0.25, 0.3) is 0 Å². The fourth-order valence-electron chi connectivity index (χ4n) is 2.36. The van der Waals surface area contributed by atoms with Crippen LogP contribution >= 0.6 is 11.6 Å². The number of aliphatic hydroxyl groups excluding tert-OH is 1. The summed E-state index contributed by atoms with van der Waals surface area (Å²) >= 11 is 6.09. The maximum absolute atomic E-state index is 12.3. The Morgan fingerprint density at radius 1 is 1.09 bits per heavy atom. The second-order valence-electron chi connectivity index (χ2n) is 5.16. The number of nitrogens with one attached hydrogen (secondary N) is 1. The fraction of sp³-hybridized carbons (Fsp3) is 0.278. The topological polar surface area (TPSA) is 49.3 Å². The van der Waals surface area contributed by atoms with Crippen LogP contribution in [0.1, 0.15) is 30.0 Å². The Bertz CT molecular complexity index is 601. The van der Waals surface area contributed by atoms with Crippen molar-refractivity contribution >= 4 is 17.5 Å². The van der Waals surface area contributed by atoms with Gasteiger partial charge in [0.15, 0.2) is 0 Å². The predicted molar refractivity (Wildman–Crippen MR) is 88.8 cm³/mol. The molecule has 0 spiro atoms. The van der Waals surface area contributed by atoms with Crippen molar-refractivity contribution in [1.82, 2.24) is 5.32 Å². The Kier molecular flexibility index (Phi) is 6.44. The quantitative estimate of drug-likeness (QED) is 0.821. The molecule has 2 aromatic rings. The minimum absolute atomic E-state index is 0.0695. The van der Waals surface area contributed by atoms with Gasteiger partial charge in [-0.25, -0.2) is 0 Å². The van der Waals surface area contributed by atoms with Crippen LogP contribution in [0.3, 0.4) is 0 Å². The van der Waals surface area contributed by atoms with E-state index in [1.54, 1.807) is 6.07 Å². The van der Waals surface area contributed by atoms with Crippen molar-refractivity contribution in [1.29, 1.82) is 0 Å². The summed E-state index contributed by atoms with van der Waals surface area (Å²) in [4.78, 5) is 12.3. The molecule has 0 fully saturated rings. The van der Waals surface area contributed by atoms with Gasteiger partial charge in [-0.1, -0.05) is 60.1 Å². The zero-order valence-corrected chi connectivity index (χ0v) is 13.1. The normalized spacial score (nSPS) is 11.9. The molecule has 2 aromatic carbocycles. The van der Waals surface area contributed by atoms with Crippen molar-refractivity contribution in [3.8, 4) is 0 Å². The second kappa shape index (κ2) is 8.57. The SMILES string of the molecule is O=C(Cc1ccccc1Cl)NC(CCCO)c1ccccc1. The van der Waals surface area contributed by atoms with Crippen molar-refractivity contribution in [2.24, 2.45) is 0 Å². The third-order valence-corrected chi connectivity index (χ3v) is 3.87. The molecule has 116 valence electrons. The first-order chi connectivity index (χ1) is 10.7. The van der Waals surface area contributed by atoms with Crippen LogP contribution in [-0.4, -0.2) is 17.6 Å². The molecular formula is C18H20ClNO2. The molecule has 3 nitrogen and oxygen atoms in total. The molecule has 1 unspecified atom stereocenters. The summed E-state index contributed by atoms with van der Waals surface area (Å²) in [6, 6.07) is 17.1. The summed E-state index contributed by atoms with van der Waals surface area (Å²) in [6.45, 7) is 0.115. The third kappa shape index (κ3) is 4.86. The molecule has 0 bridgehead atoms. The van der Waals surface area contributed by atoms with Crippen molar-refractivity contribution in [2.45, 2.75) is 25.3 Å². The van der Waals surface area contributed by atoms with Crippen molar-refractivity contribution in [3.05, 3.63) is 70.7 Å². The first-order valence-corrected chi connectivity index (χ1v) is 7.77. The van der Waals surface area contributed by atoms with E-state index >= 15 is 0 Å². The van der Waals surface area contributed by atoms with E-state index in [1.807, 2.05) is 48.5 Å². The second-order valence-corrected chi connectivity index (χ2v) is 5.57. The van der Waals surface area contributed by atoms with Crippen LogP contribution in [-0.2, 0) is 11.2 Å².